The molecule has 0 unspecified atom stereocenters. The minimum Gasteiger partial charge on any atom is -0.408 e. The lowest BCUT2D eigenvalue weighted by molar-refractivity contribution is -0.116. The van der Waals surface area contributed by atoms with Crippen molar-refractivity contribution >= 4 is 33.3 Å². The van der Waals surface area contributed by atoms with Gasteiger partial charge in [-0.1, -0.05) is 12.1 Å². The van der Waals surface area contributed by atoms with E-state index in [4.69, 9.17) is 4.42 Å². The number of nitrogens with zero attached hydrogens (tertiary/aromatic N) is 2. The van der Waals surface area contributed by atoms with Gasteiger partial charge in [-0.3, -0.25) is 9.36 Å². The fourth-order valence-corrected chi connectivity index (χ4v) is 4.50. The Balaban J connectivity index is 1.61. The number of hydrogen-bond donors (Lipinski definition) is 1. The molecule has 25 heavy (non-hydrogen) atoms. The Morgan fingerprint density at radius 3 is 2.96 bits per heavy atom. The topological polar surface area (TPSA) is 88.0 Å². The van der Waals surface area contributed by atoms with Crippen LogP contribution in [0.2, 0.25) is 0 Å². The highest BCUT2D eigenvalue weighted by Gasteiger charge is 2.22. The second-order valence-corrected chi connectivity index (χ2v) is 7.10. The van der Waals surface area contributed by atoms with E-state index in [2.05, 4.69) is 11.4 Å². The van der Waals surface area contributed by atoms with Gasteiger partial charge in [-0.2, -0.15) is 5.26 Å². The molecule has 0 bridgehead atoms. The van der Waals surface area contributed by atoms with E-state index in [0.717, 1.165) is 31.2 Å². The van der Waals surface area contributed by atoms with Crippen molar-refractivity contribution in [1.29, 1.82) is 5.26 Å². The number of thiophene rings is 1. The van der Waals surface area contributed by atoms with Crippen molar-refractivity contribution in [3.05, 3.63) is 50.8 Å². The zero-order chi connectivity index (χ0) is 17.4. The number of carbonyl (C=O) groups excluding carboxylic acids is 1. The number of benzene rings is 1. The molecule has 2 heterocycles. The Morgan fingerprint density at radius 2 is 2.12 bits per heavy atom. The number of rotatable bonds is 3. The number of aromatic nitrogens is 1. The Morgan fingerprint density at radius 1 is 1.32 bits per heavy atom. The maximum absolute atomic E-state index is 12.4. The number of nitrogens with one attached hydrogen (secondary N) is 1. The number of anilines is 1. The van der Waals surface area contributed by atoms with Crippen molar-refractivity contribution in [3.8, 4) is 6.07 Å². The summed E-state index contributed by atoms with van der Waals surface area (Å²) in [4.78, 5) is 25.6. The molecule has 2 aromatic heterocycles. The minimum atomic E-state index is -0.567. The van der Waals surface area contributed by atoms with E-state index in [1.54, 1.807) is 24.3 Å². The van der Waals surface area contributed by atoms with Gasteiger partial charge >= 0.3 is 5.76 Å². The first kappa shape index (κ1) is 15.7. The van der Waals surface area contributed by atoms with Gasteiger partial charge in [-0.25, -0.2) is 4.79 Å². The molecule has 1 N–H and O–H groups in total. The first-order chi connectivity index (χ1) is 12.2. The third-order valence-electron chi connectivity index (χ3n) is 4.41. The standard InChI is InChI=1S/C18H15N3O3S/c19-9-12-11-5-1-4-8-15(11)25-17(12)20-16(22)10-21-13-6-2-3-7-14(13)24-18(21)23/h2-3,6-7H,1,4-5,8,10H2,(H,20,22). The normalized spacial score (nSPS) is 13.4. The van der Waals surface area contributed by atoms with Gasteiger partial charge in [0, 0.05) is 4.88 Å². The molecule has 0 saturated heterocycles. The molecule has 1 aromatic carbocycles. The third kappa shape index (κ3) is 2.75. The summed E-state index contributed by atoms with van der Waals surface area (Å²) in [7, 11) is 0. The molecular weight excluding hydrogens is 338 g/mol. The van der Waals surface area contributed by atoms with Crippen molar-refractivity contribution in [2.75, 3.05) is 5.32 Å². The van der Waals surface area contributed by atoms with Gasteiger partial charge in [-0.05, 0) is 43.4 Å². The molecule has 1 aliphatic carbocycles. The molecule has 6 nitrogen and oxygen atoms in total. The van der Waals surface area contributed by atoms with Gasteiger partial charge in [0.15, 0.2) is 5.58 Å². The number of oxazole rings is 1. The molecule has 1 amide bonds. The number of nitriles is 1. The zero-order valence-corrected chi connectivity index (χ0v) is 14.2. The fourth-order valence-electron chi connectivity index (χ4n) is 3.25. The summed E-state index contributed by atoms with van der Waals surface area (Å²) in [6.45, 7) is -0.150. The highest BCUT2D eigenvalue weighted by molar-refractivity contribution is 7.16. The van der Waals surface area contributed by atoms with Crippen LogP contribution in [0.25, 0.3) is 11.1 Å². The highest BCUT2D eigenvalue weighted by atomic mass is 32.1. The summed E-state index contributed by atoms with van der Waals surface area (Å²) < 4.78 is 6.43. The van der Waals surface area contributed by atoms with Crippen LogP contribution in [0.5, 0.6) is 0 Å². The van der Waals surface area contributed by atoms with Gasteiger partial charge in [0.2, 0.25) is 5.91 Å². The Hall–Kier alpha value is -2.85. The summed E-state index contributed by atoms with van der Waals surface area (Å²) in [5.41, 5.74) is 2.66. The summed E-state index contributed by atoms with van der Waals surface area (Å²) in [6, 6.07) is 9.19. The van der Waals surface area contributed by atoms with E-state index in [9.17, 15) is 14.9 Å². The Kier molecular flexibility index (Phi) is 3.90. The first-order valence-corrected chi connectivity index (χ1v) is 8.92. The molecule has 1 aliphatic rings. The maximum Gasteiger partial charge on any atom is 0.420 e. The van der Waals surface area contributed by atoms with E-state index >= 15 is 0 Å². The van der Waals surface area contributed by atoms with Crippen molar-refractivity contribution in [1.82, 2.24) is 4.57 Å². The number of fused-ring (bicyclic) bond motifs is 2. The Labute approximate surface area is 147 Å². The highest BCUT2D eigenvalue weighted by Crippen LogP contribution is 2.37. The second-order valence-electron chi connectivity index (χ2n) is 6.00. The third-order valence-corrected chi connectivity index (χ3v) is 5.62. The van der Waals surface area contributed by atoms with Crippen LogP contribution in [-0.2, 0) is 24.2 Å². The van der Waals surface area contributed by atoms with Crippen LogP contribution in [0, 0.1) is 11.3 Å². The predicted octanol–water partition coefficient (Wildman–Crippen LogP) is 3.05. The predicted molar refractivity (Wildman–Crippen MR) is 94.8 cm³/mol. The van der Waals surface area contributed by atoms with Crippen LogP contribution >= 0.6 is 11.3 Å². The van der Waals surface area contributed by atoms with Crippen LogP contribution in [0.1, 0.15) is 28.8 Å². The van der Waals surface area contributed by atoms with Crippen molar-refractivity contribution < 1.29 is 9.21 Å². The zero-order valence-electron chi connectivity index (χ0n) is 13.4. The first-order valence-electron chi connectivity index (χ1n) is 8.10. The molecule has 126 valence electrons. The molecular formula is C18H15N3O3S. The second kappa shape index (κ2) is 6.22. The average Bonchev–Trinajstić information content (AvgIpc) is 3.12. The summed E-state index contributed by atoms with van der Waals surface area (Å²) in [5.74, 6) is -0.911. The van der Waals surface area contributed by atoms with Crippen LogP contribution in [0.4, 0.5) is 5.00 Å². The molecule has 0 saturated carbocycles. The van der Waals surface area contributed by atoms with E-state index in [1.807, 2.05) is 0 Å². The monoisotopic (exact) mass is 353 g/mol. The van der Waals surface area contributed by atoms with Crippen LogP contribution in [0.3, 0.4) is 0 Å². The molecule has 0 spiro atoms. The van der Waals surface area contributed by atoms with Crippen LogP contribution in [-0.4, -0.2) is 10.5 Å². The van der Waals surface area contributed by atoms with Crippen molar-refractivity contribution in [2.45, 2.75) is 32.2 Å². The van der Waals surface area contributed by atoms with E-state index in [1.165, 1.54) is 20.8 Å². The van der Waals surface area contributed by atoms with Gasteiger partial charge in [0.1, 0.15) is 17.6 Å². The van der Waals surface area contributed by atoms with Crippen molar-refractivity contribution in [3.63, 3.8) is 0 Å². The number of amides is 1. The lowest BCUT2D eigenvalue weighted by Gasteiger charge is -2.09. The lowest BCUT2D eigenvalue weighted by atomic mass is 9.96. The smallest absolute Gasteiger partial charge is 0.408 e. The maximum atomic E-state index is 12.4. The molecule has 0 aliphatic heterocycles. The van der Waals surface area contributed by atoms with Gasteiger partial charge in [-0.15, -0.1) is 11.3 Å². The van der Waals surface area contributed by atoms with Crippen LogP contribution < -0.4 is 11.1 Å². The molecule has 7 heteroatoms. The average molecular weight is 353 g/mol. The van der Waals surface area contributed by atoms with E-state index in [-0.39, 0.29) is 12.5 Å². The number of aryl methyl sites for hydroxylation is 1. The number of hydrogen-bond acceptors (Lipinski definition) is 5. The molecule has 0 atom stereocenters. The molecule has 3 aromatic rings. The summed E-state index contributed by atoms with van der Waals surface area (Å²) >= 11 is 1.47. The molecule has 4 rings (SSSR count). The summed E-state index contributed by atoms with van der Waals surface area (Å²) in [5, 5.41) is 12.8. The number of para-hydroxylation sites is 2. The summed E-state index contributed by atoms with van der Waals surface area (Å²) in [6.07, 6.45) is 4.02. The quantitative estimate of drug-likeness (QED) is 0.784. The van der Waals surface area contributed by atoms with Gasteiger partial charge in [0.25, 0.3) is 0 Å². The largest absolute Gasteiger partial charge is 0.420 e. The van der Waals surface area contributed by atoms with E-state index < -0.39 is 5.76 Å². The van der Waals surface area contributed by atoms with E-state index in [0.29, 0.717) is 21.7 Å². The fraction of sp³-hybridized carbons (Fsp3) is 0.278. The Bertz CT molecular complexity index is 1070. The van der Waals surface area contributed by atoms with Crippen LogP contribution in [0.15, 0.2) is 33.5 Å². The van der Waals surface area contributed by atoms with Gasteiger partial charge < -0.3 is 9.73 Å². The SMILES string of the molecule is N#Cc1c(NC(=O)Cn2c(=O)oc3ccccc32)sc2c1CCCC2. The molecule has 0 radical (unpaired) electrons. The number of carbonyl (C=O) groups is 1. The van der Waals surface area contributed by atoms with Crippen molar-refractivity contribution in [2.24, 2.45) is 0 Å². The van der Waals surface area contributed by atoms with Gasteiger partial charge in [0.05, 0.1) is 11.1 Å². The molecule has 0 fully saturated rings. The minimum absolute atomic E-state index is 0.150. The lowest BCUT2D eigenvalue weighted by Crippen LogP contribution is -2.24.